The lowest BCUT2D eigenvalue weighted by Gasteiger charge is -2.11. The zero-order valence-corrected chi connectivity index (χ0v) is 13.0. The van der Waals surface area contributed by atoms with E-state index in [0.29, 0.717) is 21.3 Å². The van der Waals surface area contributed by atoms with E-state index in [1.54, 1.807) is 19.1 Å². The maximum Gasteiger partial charge on any atom is 0.411 e. The molecule has 5 heteroatoms. The molecule has 0 aliphatic rings. The number of nitrogens with one attached hydrogen (secondary N) is 1. The lowest BCUT2D eigenvalue weighted by Crippen LogP contribution is -2.14. The van der Waals surface area contributed by atoms with Crippen LogP contribution in [0.25, 0.3) is 0 Å². The van der Waals surface area contributed by atoms with Gasteiger partial charge in [0.15, 0.2) is 0 Å². The van der Waals surface area contributed by atoms with E-state index in [1.807, 2.05) is 30.3 Å². The topological polar surface area (TPSA) is 62.1 Å². The molecule has 2 aromatic rings. The third kappa shape index (κ3) is 3.83. The SMILES string of the molecule is Cc1c(NC(=O)OCc2ccccc2)ccc(Br)c1C#N. The normalized spacial score (nSPS) is 9.76. The summed E-state index contributed by atoms with van der Waals surface area (Å²) in [5, 5.41) is 11.7. The first-order valence-corrected chi connectivity index (χ1v) is 7.08. The van der Waals surface area contributed by atoms with Crippen LogP contribution in [0.5, 0.6) is 0 Å². The molecule has 0 heterocycles. The first-order chi connectivity index (χ1) is 10.1. The molecule has 0 aliphatic carbocycles. The van der Waals surface area contributed by atoms with Gasteiger partial charge in [0, 0.05) is 10.2 Å². The molecule has 21 heavy (non-hydrogen) atoms. The van der Waals surface area contributed by atoms with Crippen molar-refractivity contribution >= 4 is 27.7 Å². The van der Waals surface area contributed by atoms with Crippen molar-refractivity contribution in [2.24, 2.45) is 0 Å². The van der Waals surface area contributed by atoms with Gasteiger partial charge in [-0.3, -0.25) is 5.32 Å². The first kappa shape index (κ1) is 15.1. The molecular weight excluding hydrogens is 332 g/mol. The maximum absolute atomic E-state index is 11.8. The predicted octanol–water partition coefficient (Wildman–Crippen LogP) is 4.38. The van der Waals surface area contributed by atoms with Crippen LogP contribution in [0.3, 0.4) is 0 Å². The molecule has 1 amide bonds. The summed E-state index contributed by atoms with van der Waals surface area (Å²) >= 11 is 3.30. The maximum atomic E-state index is 11.8. The number of nitrogens with zero attached hydrogens (tertiary/aromatic N) is 1. The fourth-order valence-corrected chi connectivity index (χ4v) is 2.34. The predicted molar refractivity (Wildman–Crippen MR) is 83.8 cm³/mol. The van der Waals surface area contributed by atoms with Gasteiger partial charge in [0.05, 0.1) is 5.56 Å². The Balaban J connectivity index is 2.02. The number of anilines is 1. The van der Waals surface area contributed by atoms with Gasteiger partial charge >= 0.3 is 6.09 Å². The van der Waals surface area contributed by atoms with E-state index in [9.17, 15) is 4.79 Å². The van der Waals surface area contributed by atoms with E-state index >= 15 is 0 Å². The van der Waals surface area contributed by atoms with E-state index in [-0.39, 0.29) is 6.61 Å². The van der Waals surface area contributed by atoms with Crippen LogP contribution in [0.2, 0.25) is 0 Å². The number of halogens is 1. The molecule has 0 aromatic heterocycles. The summed E-state index contributed by atoms with van der Waals surface area (Å²) < 4.78 is 5.85. The molecule has 0 atom stereocenters. The number of nitriles is 1. The number of rotatable bonds is 3. The van der Waals surface area contributed by atoms with E-state index in [4.69, 9.17) is 10.00 Å². The Morgan fingerprint density at radius 1 is 1.29 bits per heavy atom. The average Bonchev–Trinajstić information content (AvgIpc) is 2.50. The molecule has 2 aromatic carbocycles. The van der Waals surface area contributed by atoms with E-state index in [0.717, 1.165) is 5.56 Å². The van der Waals surface area contributed by atoms with E-state index in [1.165, 1.54) is 0 Å². The van der Waals surface area contributed by atoms with Gasteiger partial charge in [-0.1, -0.05) is 30.3 Å². The fourth-order valence-electron chi connectivity index (χ4n) is 1.82. The molecule has 4 nitrogen and oxygen atoms in total. The summed E-state index contributed by atoms with van der Waals surface area (Å²) in [5.41, 5.74) is 2.67. The van der Waals surface area contributed by atoms with Gasteiger partial charge in [0.2, 0.25) is 0 Å². The van der Waals surface area contributed by atoms with Gasteiger partial charge in [0.25, 0.3) is 0 Å². The van der Waals surface area contributed by atoms with Gasteiger partial charge in [-0.05, 0) is 46.1 Å². The smallest absolute Gasteiger partial charge is 0.411 e. The number of hydrogen-bond acceptors (Lipinski definition) is 3. The number of carbonyl (C=O) groups is 1. The average molecular weight is 345 g/mol. The second-order valence-corrected chi connectivity index (χ2v) is 5.25. The summed E-state index contributed by atoms with van der Waals surface area (Å²) in [6, 6.07) is 15.0. The first-order valence-electron chi connectivity index (χ1n) is 6.28. The van der Waals surface area contributed by atoms with Gasteiger partial charge in [-0.2, -0.15) is 5.26 Å². The Hall–Kier alpha value is -2.32. The van der Waals surface area contributed by atoms with E-state index in [2.05, 4.69) is 27.3 Å². The third-order valence-corrected chi connectivity index (χ3v) is 3.64. The fraction of sp³-hybridized carbons (Fsp3) is 0.125. The minimum atomic E-state index is -0.548. The number of amides is 1. The summed E-state index contributed by atoms with van der Waals surface area (Å²) in [5.74, 6) is 0. The van der Waals surface area contributed by atoms with Crippen LogP contribution >= 0.6 is 15.9 Å². The summed E-state index contributed by atoms with van der Waals surface area (Å²) in [6.45, 7) is 1.98. The minimum Gasteiger partial charge on any atom is -0.444 e. The second-order valence-electron chi connectivity index (χ2n) is 4.39. The van der Waals surface area contributed by atoms with E-state index < -0.39 is 6.09 Å². The highest BCUT2D eigenvalue weighted by Gasteiger charge is 2.11. The van der Waals surface area contributed by atoms with Gasteiger partial charge < -0.3 is 4.74 Å². The molecule has 0 fully saturated rings. The lowest BCUT2D eigenvalue weighted by atomic mass is 10.1. The van der Waals surface area contributed by atoms with Crippen molar-refractivity contribution in [1.82, 2.24) is 0 Å². The molecule has 0 aliphatic heterocycles. The summed E-state index contributed by atoms with van der Waals surface area (Å²) in [4.78, 5) is 11.8. The van der Waals surface area contributed by atoms with Gasteiger partial charge in [0.1, 0.15) is 12.7 Å². The molecule has 0 bridgehead atoms. The van der Waals surface area contributed by atoms with Crippen molar-refractivity contribution in [2.75, 3.05) is 5.32 Å². The van der Waals surface area contributed by atoms with Crippen molar-refractivity contribution in [3.63, 3.8) is 0 Å². The molecule has 0 saturated heterocycles. The Bertz CT molecular complexity index is 693. The quantitative estimate of drug-likeness (QED) is 0.898. The van der Waals surface area contributed by atoms with Crippen LogP contribution in [0.1, 0.15) is 16.7 Å². The molecule has 0 unspecified atom stereocenters. The number of carbonyl (C=O) groups excluding carboxylic acids is 1. The van der Waals surface area contributed by atoms with Crippen molar-refractivity contribution in [3.05, 3.63) is 63.6 Å². The van der Waals surface area contributed by atoms with Crippen molar-refractivity contribution in [1.29, 1.82) is 5.26 Å². The Morgan fingerprint density at radius 3 is 2.67 bits per heavy atom. The van der Waals surface area contributed by atoms with Crippen molar-refractivity contribution in [2.45, 2.75) is 13.5 Å². The molecule has 1 N–H and O–H groups in total. The largest absolute Gasteiger partial charge is 0.444 e. The monoisotopic (exact) mass is 344 g/mol. The minimum absolute atomic E-state index is 0.202. The zero-order chi connectivity index (χ0) is 15.2. The summed E-state index contributed by atoms with van der Waals surface area (Å²) in [6.07, 6.45) is -0.548. The number of ether oxygens (including phenoxy) is 1. The Labute approximate surface area is 131 Å². The summed E-state index contributed by atoms with van der Waals surface area (Å²) in [7, 11) is 0. The van der Waals surface area contributed by atoms with Crippen LogP contribution in [-0.2, 0) is 11.3 Å². The van der Waals surface area contributed by atoms with Crippen molar-refractivity contribution < 1.29 is 9.53 Å². The standard InChI is InChI=1S/C16H13BrN2O2/c1-11-13(9-18)14(17)7-8-15(11)19-16(20)21-10-12-5-3-2-4-6-12/h2-8H,10H2,1H3,(H,19,20). The number of benzene rings is 2. The highest BCUT2D eigenvalue weighted by atomic mass is 79.9. The van der Waals surface area contributed by atoms with Crippen LogP contribution in [0.4, 0.5) is 10.5 Å². The molecule has 0 radical (unpaired) electrons. The Morgan fingerprint density at radius 2 is 2.00 bits per heavy atom. The molecule has 2 rings (SSSR count). The highest BCUT2D eigenvalue weighted by Crippen LogP contribution is 2.26. The van der Waals surface area contributed by atoms with Gasteiger partial charge in [-0.25, -0.2) is 4.79 Å². The van der Waals surface area contributed by atoms with Crippen LogP contribution in [-0.4, -0.2) is 6.09 Å². The lowest BCUT2D eigenvalue weighted by molar-refractivity contribution is 0.155. The third-order valence-electron chi connectivity index (χ3n) is 2.98. The van der Waals surface area contributed by atoms with Gasteiger partial charge in [-0.15, -0.1) is 0 Å². The molecule has 0 saturated carbocycles. The number of hydrogen-bond donors (Lipinski definition) is 1. The van der Waals surface area contributed by atoms with Crippen LogP contribution < -0.4 is 5.32 Å². The highest BCUT2D eigenvalue weighted by molar-refractivity contribution is 9.10. The molecular formula is C16H13BrN2O2. The van der Waals surface area contributed by atoms with Crippen molar-refractivity contribution in [3.8, 4) is 6.07 Å². The zero-order valence-electron chi connectivity index (χ0n) is 11.4. The second kappa shape index (κ2) is 6.91. The van der Waals surface area contributed by atoms with Crippen LogP contribution in [0, 0.1) is 18.3 Å². The molecule has 0 spiro atoms. The Kier molecular flexibility index (Phi) is 4.96. The molecule has 106 valence electrons. The van der Waals surface area contributed by atoms with Crippen LogP contribution in [0.15, 0.2) is 46.9 Å².